The summed E-state index contributed by atoms with van der Waals surface area (Å²) < 4.78 is 6.30. The minimum atomic E-state index is 0.387. The average molecular weight is 327 g/mol. The van der Waals surface area contributed by atoms with Crippen molar-refractivity contribution < 1.29 is 4.74 Å². The molecule has 3 nitrogen and oxygen atoms in total. The van der Waals surface area contributed by atoms with Crippen LogP contribution in [0.4, 0.5) is 0 Å². The van der Waals surface area contributed by atoms with E-state index >= 15 is 0 Å². The molecule has 0 bridgehead atoms. The summed E-state index contributed by atoms with van der Waals surface area (Å²) in [5.41, 5.74) is 1.31. The van der Waals surface area contributed by atoms with Crippen molar-refractivity contribution in [2.45, 2.75) is 37.8 Å². The minimum absolute atomic E-state index is 0.387. The van der Waals surface area contributed by atoms with Crippen molar-refractivity contribution in [1.29, 1.82) is 0 Å². The molecular weight excluding hydrogens is 304 g/mol. The van der Waals surface area contributed by atoms with E-state index in [-0.39, 0.29) is 0 Å². The molecule has 19 heavy (non-hydrogen) atoms. The smallest absolute Gasteiger partial charge is 0.133 e. The summed E-state index contributed by atoms with van der Waals surface area (Å²) in [7, 11) is 3.73. The molecule has 2 unspecified atom stereocenters. The molecule has 2 rings (SSSR count). The van der Waals surface area contributed by atoms with Crippen LogP contribution >= 0.6 is 15.9 Å². The summed E-state index contributed by atoms with van der Waals surface area (Å²) in [5, 5.41) is 7.04. The molecule has 106 valence electrons. The highest BCUT2D eigenvalue weighted by molar-refractivity contribution is 9.10. The van der Waals surface area contributed by atoms with Gasteiger partial charge in [0, 0.05) is 12.1 Å². The third-order valence-corrected chi connectivity index (χ3v) is 4.48. The maximum atomic E-state index is 5.28. The summed E-state index contributed by atoms with van der Waals surface area (Å²) in [5.74, 6) is 0.884. The Bertz CT molecular complexity index is 405. The molecular formula is C15H23BrN2O. The molecule has 0 spiro atoms. The summed E-state index contributed by atoms with van der Waals surface area (Å²) in [6.07, 6.45) is 5.08. The predicted octanol–water partition coefficient (Wildman–Crippen LogP) is 3.25. The molecule has 1 saturated heterocycles. The molecule has 1 heterocycles. The van der Waals surface area contributed by atoms with Gasteiger partial charge in [0.25, 0.3) is 0 Å². The van der Waals surface area contributed by atoms with Crippen molar-refractivity contribution in [1.82, 2.24) is 10.6 Å². The highest BCUT2D eigenvalue weighted by atomic mass is 79.9. The van der Waals surface area contributed by atoms with Crippen LogP contribution < -0.4 is 15.4 Å². The van der Waals surface area contributed by atoms with Crippen LogP contribution in [0.3, 0.4) is 0 Å². The van der Waals surface area contributed by atoms with E-state index in [0.717, 1.165) is 23.2 Å². The molecule has 0 amide bonds. The van der Waals surface area contributed by atoms with Crippen molar-refractivity contribution in [3.05, 3.63) is 28.2 Å². The second-order valence-electron chi connectivity index (χ2n) is 5.12. The fourth-order valence-electron chi connectivity index (χ4n) is 2.73. The van der Waals surface area contributed by atoms with Gasteiger partial charge in [0.2, 0.25) is 0 Å². The van der Waals surface area contributed by atoms with E-state index in [1.54, 1.807) is 7.11 Å². The zero-order chi connectivity index (χ0) is 13.7. The Hall–Kier alpha value is -0.580. The van der Waals surface area contributed by atoms with Gasteiger partial charge in [-0.2, -0.15) is 0 Å². The summed E-state index contributed by atoms with van der Waals surface area (Å²) in [6, 6.07) is 7.35. The topological polar surface area (TPSA) is 33.3 Å². The highest BCUT2D eigenvalue weighted by Gasteiger charge is 2.19. The van der Waals surface area contributed by atoms with E-state index in [0.29, 0.717) is 12.1 Å². The largest absolute Gasteiger partial charge is 0.496 e. The number of methoxy groups -OCH3 is 1. The standard InChI is InChI=1S/C15H23BrN2O/c1-17-14(10-12-5-3-4-8-18-12)11-6-7-15(19-2)13(16)9-11/h6-7,9,12,14,17-18H,3-5,8,10H2,1-2H3. The predicted molar refractivity (Wildman–Crippen MR) is 82.8 cm³/mol. The Morgan fingerprint density at radius 2 is 2.32 bits per heavy atom. The van der Waals surface area contributed by atoms with Crippen molar-refractivity contribution in [2.75, 3.05) is 20.7 Å². The highest BCUT2D eigenvalue weighted by Crippen LogP contribution is 2.30. The lowest BCUT2D eigenvalue weighted by Gasteiger charge is -2.28. The maximum Gasteiger partial charge on any atom is 0.133 e. The van der Waals surface area contributed by atoms with Crippen molar-refractivity contribution >= 4 is 15.9 Å². The lowest BCUT2D eigenvalue weighted by Crippen LogP contribution is -2.37. The van der Waals surface area contributed by atoms with E-state index in [9.17, 15) is 0 Å². The number of ether oxygens (including phenoxy) is 1. The van der Waals surface area contributed by atoms with Crippen molar-refractivity contribution in [2.24, 2.45) is 0 Å². The van der Waals surface area contributed by atoms with E-state index in [1.165, 1.54) is 24.8 Å². The van der Waals surface area contributed by atoms with E-state index in [4.69, 9.17) is 4.74 Å². The van der Waals surface area contributed by atoms with Crippen molar-refractivity contribution in [3.63, 3.8) is 0 Å². The number of hydrogen-bond donors (Lipinski definition) is 2. The number of benzene rings is 1. The second kappa shape index (κ2) is 7.27. The first-order chi connectivity index (χ1) is 9.24. The monoisotopic (exact) mass is 326 g/mol. The van der Waals surface area contributed by atoms with Crippen LogP contribution in [-0.4, -0.2) is 26.7 Å². The quantitative estimate of drug-likeness (QED) is 0.871. The number of rotatable bonds is 5. The van der Waals surface area contributed by atoms with Crippen LogP contribution in [0.25, 0.3) is 0 Å². The Labute approximate surface area is 124 Å². The van der Waals surface area contributed by atoms with Crippen LogP contribution in [-0.2, 0) is 0 Å². The first kappa shape index (κ1) is 14.8. The molecule has 1 fully saturated rings. The lowest BCUT2D eigenvalue weighted by molar-refractivity contribution is 0.346. The van der Waals surface area contributed by atoms with Crippen LogP contribution in [0, 0.1) is 0 Å². The van der Waals surface area contributed by atoms with Crippen LogP contribution in [0.15, 0.2) is 22.7 Å². The van der Waals surface area contributed by atoms with Crippen LogP contribution in [0.2, 0.25) is 0 Å². The van der Waals surface area contributed by atoms with Gasteiger partial charge >= 0.3 is 0 Å². The van der Waals surface area contributed by atoms with Gasteiger partial charge in [-0.15, -0.1) is 0 Å². The van der Waals surface area contributed by atoms with E-state index in [2.05, 4.69) is 38.7 Å². The Morgan fingerprint density at radius 1 is 1.47 bits per heavy atom. The molecule has 1 aliphatic rings. The molecule has 0 saturated carbocycles. The summed E-state index contributed by atoms with van der Waals surface area (Å²) in [6.45, 7) is 1.16. The molecule has 0 radical (unpaired) electrons. The van der Waals surface area contributed by atoms with Crippen LogP contribution in [0.5, 0.6) is 5.75 Å². The van der Waals surface area contributed by atoms with Gasteiger partial charge in [-0.25, -0.2) is 0 Å². The zero-order valence-corrected chi connectivity index (χ0v) is 13.3. The third kappa shape index (κ3) is 3.94. The Kier molecular flexibility index (Phi) is 5.67. The second-order valence-corrected chi connectivity index (χ2v) is 5.97. The van der Waals surface area contributed by atoms with Crippen molar-refractivity contribution in [3.8, 4) is 5.75 Å². The van der Waals surface area contributed by atoms with Gasteiger partial charge in [0.1, 0.15) is 5.75 Å². The summed E-state index contributed by atoms with van der Waals surface area (Å²) >= 11 is 3.56. The first-order valence-electron chi connectivity index (χ1n) is 6.98. The molecule has 0 aromatic heterocycles. The number of piperidine rings is 1. The molecule has 4 heteroatoms. The number of nitrogens with one attached hydrogen (secondary N) is 2. The van der Waals surface area contributed by atoms with E-state index in [1.807, 2.05) is 13.1 Å². The number of halogens is 1. The molecule has 1 aromatic carbocycles. The van der Waals surface area contributed by atoms with Gasteiger partial charge in [0.05, 0.1) is 11.6 Å². The Morgan fingerprint density at radius 3 is 2.89 bits per heavy atom. The van der Waals surface area contributed by atoms with Gasteiger partial charge in [-0.3, -0.25) is 0 Å². The van der Waals surface area contributed by atoms with Gasteiger partial charge < -0.3 is 15.4 Å². The van der Waals surface area contributed by atoms with Gasteiger partial charge in [0.15, 0.2) is 0 Å². The summed E-state index contributed by atoms with van der Waals surface area (Å²) in [4.78, 5) is 0. The lowest BCUT2D eigenvalue weighted by atomic mass is 9.94. The van der Waals surface area contributed by atoms with Crippen LogP contribution in [0.1, 0.15) is 37.3 Å². The zero-order valence-electron chi connectivity index (χ0n) is 11.7. The third-order valence-electron chi connectivity index (χ3n) is 3.86. The fourth-order valence-corrected chi connectivity index (χ4v) is 3.29. The fraction of sp³-hybridized carbons (Fsp3) is 0.600. The maximum absolute atomic E-state index is 5.28. The molecule has 0 aliphatic carbocycles. The molecule has 2 atom stereocenters. The normalized spacial score (nSPS) is 21.1. The molecule has 1 aromatic rings. The SMILES string of the molecule is CNC(CC1CCCCN1)c1ccc(OC)c(Br)c1. The van der Waals surface area contributed by atoms with Gasteiger partial charge in [-0.1, -0.05) is 12.5 Å². The Balaban J connectivity index is 2.05. The minimum Gasteiger partial charge on any atom is -0.496 e. The van der Waals surface area contributed by atoms with E-state index < -0.39 is 0 Å². The van der Waals surface area contributed by atoms with Gasteiger partial charge in [-0.05, 0) is 66.5 Å². The molecule has 1 aliphatic heterocycles. The number of hydrogen-bond acceptors (Lipinski definition) is 3. The first-order valence-corrected chi connectivity index (χ1v) is 7.78. The average Bonchev–Trinajstić information content (AvgIpc) is 2.46. The molecule has 2 N–H and O–H groups in total.